The molecule has 138 valence electrons. The highest BCUT2D eigenvalue weighted by Crippen LogP contribution is 2.20. The van der Waals surface area contributed by atoms with Crippen molar-refractivity contribution in [2.45, 2.75) is 45.6 Å². The van der Waals surface area contributed by atoms with Gasteiger partial charge in [0.25, 0.3) is 0 Å². The van der Waals surface area contributed by atoms with Crippen LogP contribution in [-0.4, -0.2) is 30.1 Å². The first-order valence-electron chi connectivity index (χ1n) is 8.98. The van der Waals surface area contributed by atoms with E-state index in [4.69, 9.17) is 0 Å². The molecule has 25 heavy (non-hydrogen) atoms. The maximum atomic E-state index is 10.3. The Labute approximate surface area is 162 Å². The number of rotatable bonds is 11. The van der Waals surface area contributed by atoms with Crippen LogP contribution in [0.3, 0.4) is 0 Å². The molecule has 0 radical (unpaired) electrons. The van der Waals surface area contributed by atoms with E-state index in [1.807, 2.05) is 36.4 Å². The van der Waals surface area contributed by atoms with Gasteiger partial charge in [0.05, 0.1) is 6.10 Å². The van der Waals surface area contributed by atoms with E-state index in [9.17, 15) is 5.11 Å². The molecule has 1 aromatic rings. The summed E-state index contributed by atoms with van der Waals surface area (Å²) >= 11 is 3.42. The summed E-state index contributed by atoms with van der Waals surface area (Å²) < 4.78 is 1.03. The Hall–Kier alpha value is -1.16. The zero-order valence-corrected chi connectivity index (χ0v) is 17.4. The van der Waals surface area contributed by atoms with Crippen molar-refractivity contribution in [2.75, 3.05) is 20.1 Å². The molecule has 3 heteroatoms. The van der Waals surface area contributed by atoms with Gasteiger partial charge in [-0.15, -0.1) is 6.58 Å². The van der Waals surface area contributed by atoms with Crippen LogP contribution in [0.15, 0.2) is 64.7 Å². The lowest BCUT2D eigenvalue weighted by Crippen LogP contribution is -2.19. The Morgan fingerprint density at radius 1 is 1.20 bits per heavy atom. The highest BCUT2D eigenvalue weighted by molar-refractivity contribution is 9.10. The minimum absolute atomic E-state index is 0.529. The molecule has 1 N–H and O–H groups in total. The Balaban J connectivity index is 2.35. The molecule has 1 rings (SSSR count). The largest absolute Gasteiger partial charge is 0.384 e. The fraction of sp³-hybridized carbons (Fsp3) is 0.455. The second kappa shape index (κ2) is 12.2. The molecule has 1 aromatic carbocycles. The van der Waals surface area contributed by atoms with E-state index in [0.29, 0.717) is 0 Å². The van der Waals surface area contributed by atoms with E-state index in [0.717, 1.165) is 42.4 Å². The van der Waals surface area contributed by atoms with Crippen molar-refractivity contribution in [3.63, 3.8) is 0 Å². The van der Waals surface area contributed by atoms with E-state index in [1.165, 1.54) is 17.6 Å². The van der Waals surface area contributed by atoms with Crippen molar-refractivity contribution in [1.82, 2.24) is 4.90 Å². The minimum atomic E-state index is -0.529. The molecule has 0 aliphatic carbocycles. The van der Waals surface area contributed by atoms with Crippen LogP contribution in [0.1, 0.15) is 51.2 Å². The van der Waals surface area contributed by atoms with Gasteiger partial charge >= 0.3 is 0 Å². The van der Waals surface area contributed by atoms with Gasteiger partial charge in [0, 0.05) is 11.0 Å². The van der Waals surface area contributed by atoms with E-state index in [-0.39, 0.29) is 0 Å². The Kier molecular flexibility index (Phi) is 10.7. The maximum absolute atomic E-state index is 10.3. The van der Waals surface area contributed by atoms with E-state index in [1.54, 1.807) is 0 Å². The van der Waals surface area contributed by atoms with Gasteiger partial charge in [-0.2, -0.15) is 0 Å². The van der Waals surface area contributed by atoms with Gasteiger partial charge in [0.2, 0.25) is 0 Å². The average molecular weight is 406 g/mol. The number of hydrogen-bond donors (Lipinski definition) is 1. The lowest BCUT2D eigenvalue weighted by Gasteiger charge is -2.13. The zero-order valence-electron chi connectivity index (χ0n) is 15.8. The van der Waals surface area contributed by atoms with Crippen molar-refractivity contribution in [3.8, 4) is 0 Å². The molecule has 0 aromatic heterocycles. The van der Waals surface area contributed by atoms with Gasteiger partial charge in [0.1, 0.15) is 0 Å². The number of halogens is 1. The Bertz CT molecular complexity index is 574. The summed E-state index contributed by atoms with van der Waals surface area (Å²) in [6, 6.07) is 7.82. The number of likely N-dealkylation sites (N-methyl/N-ethyl adjacent to an activating group) is 1. The number of nitrogens with zero attached hydrogens (tertiary/aromatic N) is 1. The molecular weight excluding hydrogens is 374 g/mol. The van der Waals surface area contributed by atoms with Gasteiger partial charge in [-0.3, -0.25) is 0 Å². The molecule has 0 fully saturated rings. The van der Waals surface area contributed by atoms with Crippen LogP contribution < -0.4 is 0 Å². The number of hydrogen-bond acceptors (Lipinski definition) is 2. The number of aliphatic hydroxyl groups excluding tert-OH is 1. The third kappa shape index (κ3) is 9.78. The average Bonchev–Trinajstić information content (AvgIpc) is 2.55. The molecule has 0 amide bonds. The SMILES string of the molecule is C=CCN(C)CCCC(C)=CCCC(C)=CC(O)c1ccc(Br)cc1. The van der Waals surface area contributed by atoms with E-state index < -0.39 is 6.10 Å². The van der Waals surface area contributed by atoms with Gasteiger partial charge in [-0.05, 0) is 70.8 Å². The molecular formula is C22H32BrNO. The Morgan fingerprint density at radius 2 is 1.88 bits per heavy atom. The Morgan fingerprint density at radius 3 is 2.52 bits per heavy atom. The smallest absolute Gasteiger partial charge is 0.0974 e. The highest BCUT2D eigenvalue weighted by Gasteiger charge is 2.04. The second-order valence-corrected chi connectivity index (χ2v) is 7.67. The summed E-state index contributed by atoms with van der Waals surface area (Å²) in [4.78, 5) is 2.29. The summed E-state index contributed by atoms with van der Waals surface area (Å²) in [5.74, 6) is 0. The van der Waals surface area contributed by atoms with Crippen LogP contribution in [-0.2, 0) is 0 Å². The fourth-order valence-electron chi connectivity index (χ4n) is 2.70. The number of allylic oxidation sites excluding steroid dienone is 3. The maximum Gasteiger partial charge on any atom is 0.0974 e. The zero-order chi connectivity index (χ0) is 18.7. The lowest BCUT2D eigenvalue weighted by molar-refractivity contribution is 0.227. The standard InChI is InChI=1S/C22H32BrNO/c1-5-15-24(4)16-7-10-18(2)8-6-9-19(3)17-22(25)20-11-13-21(23)14-12-20/h5,8,11-14,17,22,25H,1,6-7,9-10,15-16H2,2-4H3. The summed E-state index contributed by atoms with van der Waals surface area (Å²) in [6.07, 6.45) is 10.0. The minimum Gasteiger partial charge on any atom is -0.384 e. The topological polar surface area (TPSA) is 23.5 Å². The highest BCUT2D eigenvalue weighted by atomic mass is 79.9. The quantitative estimate of drug-likeness (QED) is 0.452. The third-order valence-corrected chi connectivity index (χ3v) is 4.77. The van der Waals surface area contributed by atoms with Crippen LogP contribution in [0.2, 0.25) is 0 Å². The molecule has 0 saturated carbocycles. The predicted octanol–water partition coefficient (Wildman–Crippen LogP) is 6.05. The van der Waals surface area contributed by atoms with E-state index in [2.05, 4.69) is 54.4 Å². The van der Waals surface area contributed by atoms with Crippen LogP contribution >= 0.6 is 15.9 Å². The fourth-order valence-corrected chi connectivity index (χ4v) is 2.96. The molecule has 2 nitrogen and oxygen atoms in total. The van der Waals surface area contributed by atoms with Gasteiger partial charge in [-0.1, -0.05) is 57.4 Å². The molecule has 0 heterocycles. The van der Waals surface area contributed by atoms with Crippen molar-refractivity contribution in [1.29, 1.82) is 0 Å². The lowest BCUT2D eigenvalue weighted by atomic mass is 10.0. The van der Waals surface area contributed by atoms with Crippen LogP contribution in [0, 0.1) is 0 Å². The van der Waals surface area contributed by atoms with Crippen LogP contribution in [0.4, 0.5) is 0 Å². The molecule has 0 saturated heterocycles. The number of aliphatic hydroxyl groups is 1. The predicted molar refractivity (Wildman–Crippen MR) is 113 cm³/mol. The molecule has 0 spiro atoms. The van der Waals surface area contributed by atoms with Gasteiger partial charge < -0.3 is 10.0 Å². The molecule has 0 aliphatic rings. The monoisotopic (exact) mass is 405 g/mol. The first-order valence-corrected chi connectivity index (χ1v) is 9.77. The number of benzene rings is 1. The van der Waals surface area contributed by atoms with Crippen molar-refractivity contribution in [3.05, 3.63) is 70.3 Å². The summed E-state index contributed by atoms with van der Waals surface area (Å²) in [5, 5.41) is 10.3. The first kappa shape index (κ1) is 21.9. The van der Waals surface area contributed by atoms with Crippen LogP contribution in [0.5, 0.6) is 0 Å². The first-order chi connectivity index (χ1) is 11.9. The molecule has 1 unspecified atom stereocenters. The van der Waals surface area contributed by atoms with Crippen molar-refractivity contribution >= 4 is 15.9 Å². The molecule has 1 atom stereocenters. The van der Waals surface area contributed by atoms with Gasteiger partial charge in [-0.25, -0.2) is 0 Å². The third-order valence-electron chi connectivity index (χ3n) is 4.24. The van der Waals surface area contributed by atoms with Crippen molar-refractivity contribution < 1.29 is 5.11 Å². The molecule has 0 aliphatic heterocycles. The van der Waals surface area contributed by atoms with Crippen LogP contribution in [0.25, 0.3) is 0 Å². The second-order valence-electron chi connectivity index (χ2n) is 6.75. The van der Waals surface area contributed by atoms with Crippen molar-refractivity contribution in [2.24, 2.45) is 0 Å². The summed E-state index contributed by atoms with van der Waals surface area (Å²) in [6.45, 7) is 10.1. The normalized spacial score (nSPS) is 14.0. The summed E-state index contributed by atoms with van der Waals surface area (Å²) in [7, 11) is 2.13. The summed E-state index contributed by atoms with van der Waals surface area (Å²) in [5.41, 5.74) is 3.61. The van der Waals surface area contributed by atoms with Gasteiger partial charge in [0.15, 0.2) is 0 Å². The van der Waals surface area contributed by atoms with E-state index >= 15 is 0 Å². The molecule has 0 bridgehead atoms.